The van der Waals surface area contributed by atoms with Crippen molar-refractivity contribution in [2.75, 3.05) is 104 Å². The molecule has 14 nitrogen and oxygen atoms in total. The van der Waals surface area contributed by atoms with Crippen LogP contribution in [0, 0.1) is 0 Å². The van der Waals surface area contributed by atoms with Gasteiger partial charge in [0.1, 0.15) is 18.3 Å². The van der Waals surface area contributed by atoms with Crippen molar-refractivity contribution in [1.82, 2.24) is 0 Å². The molecule has 0 spiro atoms. The molecule has 0 amide bonds. The first-order chi connectivity index (χ1) is 20.2. The summed E-state index contributed by atoms with van der Waals surface area (Å²) in [6.07, 6.45) is 2.13. The van der Waals surface area contributed by atoms with E-state index >= 15 is 0 Å². The number of rotatable bonds is 27. The zero-order valence-electron chi connectivity index (χ0n) is 24.8. The lowest BCUT2D eigenvalue weighted by Gasteiger charge is -2.11. The van der Waals surface area contributed by atoms with Gasteiger partial charge in [0.2, 0.25) is 0 Å². The van der Waals surface area contributed by atoms with Crippen molar-refractivity contribution < 1.29 is 68.3 Å². The third kappa shape index (κ3) is 39.2. The van der Waals surface area contributed by atoms with Gasteiger partial charge in [0.15, 0.2) is 0 Å². The smallest absolute Gasteiger partial charge is 0.313 e. The Kier molecular flexibility index (Phi) is 34.2. The van der Waals surface area contributed by atoms with E-state index in [-0.39, 0.29) is 31.3 Å². The van der Waals surface area contributed by atoms with Crippen molar-refractivity contribution >= 4 is 36.3 Å². The van der Waals surface area contributed by atoms with Crippen LogP contribution < -0.4 is 0 Å². The number of aliphatic hydroxyl groups is 3. The zero-order valence-corrected chi connectivity index (χ0v) is 26.5. The van der Waals surface area contributed by atoms with Crippen LogP contribution in [0.15, 0.2) is 0 Å². The summed E-state index contributed by atoms with van der Waals surface area (Å²) in [4.78, 5) is 19.6. The molecule has 0 bridgehead atoms. The van der Waals surface area contributed by atoms with E-state index in [1.165, 1.54) is 18.9 Å². The predicted molar refractivity (Wildman–Crippen MR) is 160 cm³/mol. The van der Waals surface area contributed by atoms with Gasteiger partial charge in [-0.1, -0.05) is 0 Å². The molecule has 1 fully saturated rings. The van der Waals surface area contributed by atoms with Gasteiger partial charge in [-0.3, -0.25) is 9.59 Å². The van der Waals surface area contributed by atoms with E-state index in [2.05, 4.69) is 12.6 Å². The number of carboxylic acids is 2. The lowest BCUT2D eigenvalue weighted by molar-refractivity contribution is -0.134. The van der Waals surface area contributed by atoms with Gasteiger partial charge in [-0.25, -0.2) is 0 Å². The molecule has 0 aliphatic carbocycles. The van der Waals surface area contributed by atoms with Gasteiger partial charge in [0.05, 0.1) is 63.9 Å². The van der Waals surface area contributed by atoms with E-state index in [1.807, 2.05) is 0 Å². The van der Waals surface area contributed by atoms with Crippen LogP contribution in [0.2, 0.25) is 0 Å². The largest absolute Gasteiger partial charge is 0.481 e. The molecule has 1 heterocycles. The van der Waals surface area contributed by atoms with E-state index in [4.69, 9.17) is 43.4 Å². The second-order valence-corrected chi connectivity index (χ2v) is 10.3. The summed E-state index contributed by atoms with van der Waals surface area (Å²) in [5.74, 6) is -1.51. The minimum Gasteiger partial charge on any atom is -0.481 e. The van der Waals surface area contributed by atoms with Gasteiger partial charge >= 0.3 is 11.9 Å². The van der Waals surface area contributed by atoms with Crippen LogP contribution in [0.3, 0.4) is 0 Å². The van der Waals surface area contributed by atoms with Crippen molar-refractivity contribution in [3.8, 4) is 0 Å². The fourth-order valence-electron chi connectivity index (χ4n) is 2.67. The van der Waals surface area contributed by atoms with Crippen LogP contribution in [0.1, 0.15) is 25.7 Å². The van der Waals surface area contributed by atoms with Crippen LogP contribution in [0.25, 0.3) is 0 Å². The maximum Gasteiger partial charge on any atom is 0.313 e. The summed E-state index contributed by atoms with van der Waals surface area (Å²) in [6, 6.07) is 0. The molecule has 252 valence electrons. The molecule has 1 rings (SSSR count). The highest BCUT2D eigenvalue weighted by Crippen LogP contribution is 2.08. The standard InChI is InChI=1S/C13H26O7S.C11H22O5.C2H4O2S/c1-18-6-11(14)7-19-4-2-3-5-20-8-12(15)9-21-10-13(16)17;1-13-6-10(12)7-14-4-2-3-5-15-8-11-9-16-11;3-2(4)1-5/h11-12,14-15H,2-10H2,1H3,(H,16,17);10-12H,2-9H2,1H3;5H,1H2,(H,3,4). The predicted octanol–water partition coefficient (Wildman–Crippen LogP) is 0.193. The number of thiol groups is 1. The number of ether oxygens (including phenoxy) is 7. The van der Waals surface area contributed by atoms with Crippen molar-refractivity contribution in [3.05, 3.63) is 0 Å². The van der Waals surface area contributed by atoms with Crippen LogP contribution in [-0.4, -0.2) is 166 Å². The first-order valence-corrected chi connectivity index (χ1v) is 15.5. The highest BCUT2D eigenvalue weighted by molar-refractivity contribution is 7.99. The highest BCUT2D eigenvalue weighted by Gasteiger charge is 2.21. The molecule has 1 aliphatic rings. The number of thioether (sulfide) groups is 1. The minimum absolute atomic E-state index is 0.0106. The maximum absolute atomic E-state index is 10.3. The molecule has 0 saturated carbocycles. The summed E-state index contributed by atoms with van der Waals surface area (Å²) >= 11 is 4.58. The van der Waals surface area contributed by atoms with Crippen LogP contribution in [-0.2, 0) is 42.7 Å². The second kappa shape index (κ2) is 33.1. The first kappa shape index (κ1) is 43.4. The zero-order chi connectivity index (χ0) is 31.8. The van der Waals surface area contributed by atoms with Gasteiger partial charge in [0, 0.05) is 46.4 Å². The van der Waals surface area contributed by atoms with Crippen molar-refractivity contribution in [3.63, 3.8) is 0 Å². The molecule has 0 radical (unpaired) electrons. The average molecular weight is 653 g/mol. The lowest BCUT2D eigenvalue weighted by Crippen LogP contribution is -2.21. The molecule has 42 heavy (non-hydrogen) atoms. The van der Waals surface area contributed by atoms with Gasteiger partial charge in [-0.05, 0) is 25.7 Å². The van der Waals surface area contributed by atoms with E-state index < -0.39 is 30.3 Å². The molecule has 5 N–H and O–H groups in total. The number of aliphatic hydroxyl groups excluding tert-OH is 3. The summed E-state index contributed by atoms with van der Waals surface area (Å²) in [5.41, 5.74) is 0. The molecule has 0 aromatic carbocycles. The monoisotopic (exact) mass is 652 g/mol. The van der Waals surface area contributed by atoms with Gasteiger partial charge in [0.25, 0.3) is 0 Å². The second-order valence-electron chi connectivity index (χ2n) is 9.00. The number of aliphatic carboxylic acids is 2. The van der Waals surface area contributed by atoms with Crippen molar-refractivity contribution in [2.24, 2.45) is 0 Å². The molecule has 0 aromatic heterocycles. The summed E-state index contributed by atoms with van der Waals surface area (Å²) in [7, 11) is 3.08. The lowest BCUT2D eigenvalue weighted by atomic mass is 10.3. The SMILES string of the molecule is COCC(O)COCCCCOCC(O)CSCC(=O)O.COCC(O)COCCCCOCC1CO1.O=C(O)CS. The Balaban J connectivity index is 0. The molecular formula is C26H52O14S2. The van der Waals surface area contributed by atoms with Crippen LogP contribution in [0.4, 0.5) is 0 Å². The molecule has 1 aliphatic heterocycles. The number of methoxy groups -OCH3 is 2. The van der Waals surface area contributed by atoms with E-state index in [0.29, 0.717) is 51.5 Å². The summed E-state index contributed by atoms with van der Waals surface area (Å²) in [6.45, 7) is 5.43. The molecule has 4 atom stereocenters. The Morgan fingerprint density at radius 1 is 0.762 bits per heavy atom. The normalized spacial score (nSPS) is 15.9. The maximum atomic E-state index is 10.3. The quantitative estimate of drug-likeness (QED) is 0.0398. The van der Waals surface area contributed by atoms with Gasteiger partial charge in [-0.2, -0.15) is 12.6 Å². The Labute approximate surface area is 258 Å². The Bertz CT molecular complexity index is 601. The number of carbonyl (C=O) groups is 2. The molecule has 1 saturated heterocycles. The third-order valence-electron chi connectivity index (χ3n) is 4.68. The summed E-state index contributed by atoms with van der Waals surface area (Å²) < 4.78 is 35.8. The summed E-state index contributed by atoms with van der Waals surface area (Å²) in [5, 5.41) is 44.2. The number of hydrogen-bond donors (Lipinski definition) is 6. The van der Waals surface area contributed by atoms with Crippen molar-refractivity contribution in [1.29, 1.82) is 0 Å². The topological polar surface area (TPSA) is 203 Å². The van der Waals surface area contributed by atoms with E-state index in [1.54, 1.807) is 7.11 Å². The Morgan fingerprint density at radius 3 is 1.52 bits per heavy atom. The number of carboxylic acid groups (broad SMARTS) is 2. The number of epoxide rings is 1. The van der Waals surface area contributed by atoms with Crippen molar-refractivity contribution in [2.45, 2.75) is 50.1 Å². The highest BCUT2D eigenvalue weighted by atomic mass is 32.2. The van der Waals surface area contributed by atoms with Gasteiger partial charge in [-0.15, -0.1) is 11.8 Å². The minimum atomic E-state index is -0.885. The first-order valence-electron chi connectivity index (χ1n) is 13.7. The molecular weight excluding hydrogens is 600 g/mol. The van der Waals surface area contributed by atoms with E-state index in [0.717, 1.165) is 38.9 Å². The van der Waals surface area contributed by atoms with Crippen LogP contribution in [0.5, 0.6) is 0 Å². The van der Waals surface area contributed by atoms with E-state index in [9.17, 15) is 24.9 Å². The number of hydrogen-bond acceptors (Lipinski definition) is 14. The Morgan fingerprint density at radius 2 is 1.17 bits per heavy atom. The molecule has 16 heteroatoms. The fraction of sp³-hybridized carbons (Fsp3) is 0.923. The molecule has 0 aromatic rings. The Hall–Kier alpha value is -0.760. The van der Waals surface area contributed by atoms with Crippen LogP contribution >= 0.6 is 24.4 Å². The number of unbranched alkanes of at least 4 members (excludes halogenated alkanes) is 2. The third-order valence-corrected chi connectivity index (χ3v) is 6.02. The van der Waals surface area contributed by atoms with Gasteiger partial charge < -0.3 is 58.7 Å². The average Bonchev–Trinajstić information content (AvgIpc) is 3.77. The fourth-order valence-corrected chi connectivity index (χ4v) is 3.33. The molecule has 4 unspecified atom stereocenters.